The van der Waals surface area contributed by atoms with Gasteiger partial charge in [0, 0.05) is 19.1 Å². The van der Waals surface area contributed by atoms with Crippen LogP contribution in [0.1, 0.15) is 19.2 Å². The molecule has 5 rings (SSSR count). The molecule has 0 unspecified atom stereocenters. The number of aryl methyl sites for hydroxylation is 1. The lowest BCUT2D eigenvalue weighted by atomic mass is 10.3. The Morgan fingerprint density at radius 2 is 2.07 bits per heavy atom. The molecule has 1 aliphatic heterocycles. The maximum absolute atomic E-state index is 6.10. The first kappa shape index (κ1) is 19.3. The molecule has 0 saturated carbocycles. The number of benzene rings is 1. The van der Waals surface area contributed by atoms with Crippen molar-refractivity contribution in [3.05, 3.63) is 34.3 Å². The fourth-order valence-corrected chi connectivity index (χ4v) is 3.95. The van der Waals surface area contributed by atoms with Crippen LogP contribution in [0.5, 0.6) is 0 Å². The van der Waals surface area contributed by atoms with Crippen LogP contribution in [-0.4, -0.2) is 48.6 Å². The molecule has 4 aromatic rings. The zero-order valence-electron chi connectivity index (χ0n) is 16.3. The minimum atomic E-state index is 0.318. The van der Waals surface area contributed by atoms with E-state index in [4.69, 9.17) is 28.2 Å². The third-order valence-electron chi connectivity index (χ3n) is 5.19. The highest BCUT2D eigenvalue weighted by molar-refractivity contribution is 6.42. The van der Waals surface area contributed by atoms with E-state index in [0.717, 1.165) is 54.1 Å². The van der Waals surface area contributed by atoms with Gasteiger partial charge in [0.05, 0.1) is 34.0 Å². The van der Waals surface area contributed by atoms with E-state index < -0.39 is 0 Å². The summed E-state index contributed by atoms with van der Waals surface area (Å²) in [5.41, 5.74) is 3.13. The van der Waals surface area contributed by atoms with Crippen LogP contribution in [0.15, 0.2) is 18.5 Å². The van der Waals surface area contributed by atoms with Crippen molar-refractivity contribution in [3.8, 4) is 0 Å². The van der Waals surface area contributed by atoms with Crippen molar-refractivity contribution >= 4 is 57.2 Å². The Morgan fingerprint density at radius 3 is 2.87 bits per heavy atom. The van der Waals surface area contributed by atoms with Gasteiger partial charge in [-0.2, -0.15) is 9.97 Å². The largest absolute Gasteiger partial charge is 0.361 e. The Balaban J connectivity index is 1.44. The van der Waals surface area contributed by atoms with Gasteiger partial charge >= 0.3 is 0 Å². The van der Waals surface area contributed by atoms with Crippen molar-refractivity contribution in [2.75, 3.05) is 23.7 Å². The number of rotatable bonds is 6. The summed E-state index contributed by atoms with van der Waals surface area (Å²) in [6, 6.07) is 3.85. The van der Waals surface area contributed by atoms with Crippen molar-refractivity contribution < 1.29 is 0 Å². The van der Waals surface area contributed by atoms with Gasteiger partial charge in [0.25, 0.3) is 0 Å². The maximum atomic E-state index is 6.10. The topological polar surface area (TPSA) is 108 Å². The van der Waals surface area contributed by atoms with E-state index in [-0.39, 0.29) is 0 Å². The number of anilines is 2. The van der Waals surface area contributed by atoms with Gasteiger partial charge in [-0.1, -0.05) is 23.2 Å². The van der Waals surface area contributed by atoms with Crippen molar-refractivity contribution in [3.63, 3.8) is 0 Å². The number of nitrogens with one attached hydrogen (secondary N) is 4. The molecule has 0 radical (unpaired) electrons. The normalized spacial score (nSPS) is 16.6. The average Bonchev–Trinajstić information content (AvgIpc) is 3.46. The van der Waals surface area contributed by atoms with Gasteiger partial charge in [-0.25, -0.2) is 9.97 Å². The monoisotopic (exact) mass is 445 g/mol. The van der Waals surface area contributed by atoms with Gasteiger partial charge in [0.15, 0.2) is 17.0 Å². The highest BCUT2D eigenvalue weighted by atomic mass is 35.5. The fraction of sp³-hybridized carbons (Fsp3) is 0.368. The van der Waals surface area contributed by atoms with Gasteiger partial charge in [-0.05, 0) is 32.0 Å². The molecule has 0 amide bonds. The summed E-state index contributed by atoms with van der Waals surface area (Å²) >= 11 is 12.2. The number of hydrogen-bond acceptors (Lipinski definition) is 7. The third kappa shape index (κ3) is 3.64. The van der Waals surface area contributed by atoms with E-state index >= 15 is 0 Å². The summed E-state index contributed by atoms with van der Waals surface area (Å²) in [4.78, 5) is 21.7. The Bertz CT molecular complexity index is 1170. The Morgan fingerprint density at radius 1 is 1.20 bits per heavy atom. The van der Waals surface area contributed by atoms with Gasteiger partial charge in [-0.15, -0.1) is 0 Å². The van der Waals surface area contributed by atoms with Gasteiger partial charge in [-0.3, -0.25) is 0 Å². The SMILES string of the molecule is CCn1cnc2c(NCc3nc4cc(Cl)c(Cl)cc4[nH]3)nc(N[C@@H]3CCNC3)nc21. The standard InChI is InChI=1S/C19H21Cl2N9/c1-2-30-9-24-16-17(28-19(29-18(16)30)25-10-3-4-22-7-10)23-8-15-26-13-5-11(20)12(21)6-14(13)27-15/h5-6,9-10,22H,2-4,7-8H2,1H3,(H,26,27)(H2,23,25,28,29)/t10-/m1/s1. The summed E-state index contributed by atoms with van der Waals surface area (Å²) in [6.07, 6.45) is 2.83. The molecule has 30 heavy (non-hydrogen) atoms. The van der Waals surface area contributed by atoms with Crippen molar-refractivity contribution in [2.45, 2.75) is 32.5 Å². The lowest BCUT2D eigenvalue weighted by molar-refractivity contribution is 0.767. The molecule has 1 atom stereocenters. The minimum Gasteiger partial charge on any atom is -0.361 e. The molecule has 1 aromatic carbocycles. The van der Waals surface area contributed by atoms with Crippen molar-refractivity contribution in [1.29, 1.82) is 0 Å². The van der Waals surface area contributed by atoms with Crippen LogP contribution < -0.4 is 16.0 Å². The van der Waals surface area contributed by atoms with Crippen LogP contribution in [0.2, 0.25) is 10.0 Å². The second kappa shape index (κ2) is 7.90. The summed E-state index contributed by atoms with van der Waals surface area (Å²) in [5, 5.41) is 11.1. The van der Waals surface area contributed by atoms with Crippen LogP contribution >= 0.6 is 23.2 Å². The predicted octanol–water partition coefficient (Wildman–Crippen LogP) is 3.42. The number of aromatic nitrogens is 6. The van der Waals surface area contributed by atoms with Gasteiger partial charge < -0.3 is 25.5 Å². The summed E-state index contributed by atoms with van der Waals surface area (Å²) in [6.45, 7) is 5.19. The number of fused-ring (bicyclic) bond motifs is 2. The Hall–Kier alpha value is -2.62. The lowest BCUT2D eigenvalue weighted by Gasteiger charge is -2.13. The molecule has 1 aliphatic rings. The second-order valence-corrected chi connectivity index (χ2v) is 8.07. The first-order valence-corrected chi connectivity index (χ1v) is 10.6. The quantitative estimate of drug-likeness (QED) is 0.360. The van der Waals surface area contributed by atoms with Crippen LogP contribution in [0.25, 0.3) is 22.2 Å². The molecular formula is C19H21Cl2N9. The first-order valence-electron chi connectivity index (χ1n) is 9.88. The molecule has 1 saturated heterocycles. The molecule has 3 aromatic heterocycles. The molecule has 0 aliphatic carbocycles. The number of hydrogen-bond donors (Lipinski definition) is 4. The highest BCUT2D eigenvalue weighted by Gasteiger charge is 2.18. The number of aromatic amines is 1. The number of imidazole rings is 2. The molecule has 0 spiro atoms. The predicted molar refractivity (Wildman–Crippen MR) is 119 cm³/mol. The zero-order valence-corrected chi connectivity index (χ0v) is 17.8. The van der Waals surface area contributed by atoms with Gasteiger partial charge in [0.1, 0.15) is 5.82 Å². The molecule has 4 heterocycles. The lowest BCUT2D eigenvalue weighted by Crippen LogP contribution is -2.23. The molecule has 11 heteroatoms. The van der Waals surface area contributed by atoms with Crippen LogP contribution in [-0.2, 0) is 13.1 Å². The van der Waals surface area contributed by atoms with E-state index in [1.807, 2.05) is 4.57 Å². The van der Waals surface area contributed by atoms with E-state index in [1.54, 1.807) is 18.5 Å². The fourth-order valence-electron chi connectivity index (χ4n) is 3.63. The zero-order chi connectivity index (χ0) is 20.7. The highest BCUT2D eigenvalue weighted by Crippen LogP contribution is 2.27. The Labute approximate surface area is 182 Å². The summed E-state index contributed by atoms with van der Waals surface area (Å²) in [5.74, 6) is 2.01. The third-order valence-corrected chi connectivity index (χ3v) is 5.92. The van der Waals surface area contributed by atoms with E-state index in [9.17, 15) is 0 Å². The average molecular weight is 446 g/mol. The number of halogens is 2. The molecule has 156 valence electrons. The molecule has 1 fully saturated rings. The smallest absolute Gasteiger partial charge is 0.227 e. The van der Waals surface area contributed by atoms with E-state index in [1.165, 1.54) is 0 Å². The van der Waals surface area contributed by atoms with Gasteiger partial charge in [0.2, 0.25) is 5.95 Å². The summed E-state index contributed by atoms with van der Waals surface area (Å²) in [7, 11) is 0. The summed E-state index contributed by atoms with van der Waals surface area (Å²) < 4.78 is 2.01. The number of nitrogens with zero attached hydrogens (tertiary/aromatic N) is 5. The first-order chi connectivity index (χ1) is 14.6. The second-order valence-electron chi connectivity index (χ2n) is 7.25. The minimum absolute atomic E-state index is 0.318. The maximum Gasteiger partial charge on any atom is 0.227 e. The van der Waals surface area contributed by atoms with Crippen LogP contribution in [0.4, 0.5) is 11.8 Å². The number of H-pyrrole nitrogens is 1. The van der Waals surface area contributed by atoms with Crippen molar-refractivity contribution in [1.82, 2.24) is 34.8 Å². The molecule has 9 nitrogen and oxygen atoms in total. The van der Waals surface area contributed by atoms with Crippen LogP contribution in [0.3, 0.4) is 0 Å². The van der Waals surface area contributed by atoms with E-state index in [2.05, 4.69) is 42.8 Å². The molecule has 4 N–H and O–H groups in total. The van der Waals surface area contributed by atoms with E-state index in [0.29, 0.717) is 34.4 Å². The molecule has 0 bridgehead atoms. The Kier molecular flexibility index (Phi) is 5.10. The van der Waals surface area contributed by atoms with Crippen LogP contribution in [0, 0.1) is 0 Å². The molecular weight excluding hydrogens is 425 g/mol. The van der Waals surface area contributed by atoms with Crippen molar-refractivity contribution in [2.24, 2.45) is 0 Å².